The van der Waals surface area contributed by atoms with E-state index >= 15 is 0 Å². The maximum atomic E-state index is 12.3. The molecule has 0 bridgehead atoms. The summed E-state index contributed by atoms with van der Waals surface area (Å²) in [4.78, 5) is 23.5. The monoisotopic (exact) mass is 278 g/mol. The van der Waals surface area contributed by atoms with E-state index in [2.05, 4.69) is 23.7 Å². The number of rotatable bonds is 5. The average molecular weight is 278 g/mol. The van der Waals surface area contributed by atoms with E-state index in [0.29, 0.717) is 5.56 Å². The van der Waals surface area contributed by atoms with E-state index in [9.17, 15) is 14.7 Å². The molecule has 1 aromatic heterocycles. The van der Waals surface area contributed by atoms with Gasteiger partial charge in [-0.15, -0.1) is 0 Å². The highest BCUT2D eigenvalue weighted by Crippen LogP contribution is 2.33. The van der Waals surface area contributed by atoms with Crippen molar-refractivity contribution in [1.29, 1.82) is 0 Å². The standard InChI is InChI=1S/C15H22N2O3/c1-8(2)17-9(3)7-12(10(17)4)14(18)16-13(15(19)20)11-5-6-11/h7-8,11,13H,5-6H2,1-4H3,(H,16,18)(H,19,20). The van der Waals surface area contributed by atoms with Gasteiger partial charge in [-0.3, -0.25) is 4.79 Å². The normalized spacial score (nSPS) is 16.2. The smallest absolute Gasteiger partial charge is 0.326 e. The molecule has 1 saturated carbocycles. The molecular weight excluding hydrogens is 256 g/mol. The number of amides is 1. The van der Waals surface area contributed by atoms with Crippen molar-refractivity contribution >= 4 is 11.9 Å². The first-order chi connectivity index (χ1) is 9.32. The summed E-state index contributed by atoms with van der Waals surface area (Å²) in [7, 11) is 0. The number of aryl methyl sites for hydroxylation is 1. The minimum Gasteiger partial charge on any atom is -0.480 e. The maximum absolute atomic E-state index is 12.3. The van der Waals surface area contributed by atoms with Crippen molar-refractivity contribution < 1.29 is 14.7 Å². The molecule has 1 aromatic rings. The van der Waals surface area contributed by atoms with E-state index in [4.69, 9.17) is 0 Å². The number of aliphatic carboxylic acids is 1. The van der Waals surface area contributed by atoms with Crippen LogP contribution in [0.1, 0.15) is 54.5 Å². The Kier molecular flexibility index (Phi) is 3.88. The van der Waals surface area contributed by atoms with Gasteiger partial charge in [-0.2, -0.15) is 0 Å². The Morgan fingerprint density at radius 2 is 1.95 bits per heavy atom. The third-order valence-electron chi connectivity index (χ3n) is 3.89. The Balaban J connectivity index is 2.21. The summed E-state index contributed by atoms with van der Waals surface area (Å²) in [6, 6.07) is 1.34. The van der Waals surface area contributed by atoms with Crippen molar-refractivity contribution in [1.82, 2.24) is 9.88 Å². The summed E-state index contributed by atoms with van der Waals surface area (Å²) in [5.74, 6) is -1.15. The van der Waals surface area contributed by atoms with Crippen LogP contribution >= 0.6 is 0 Å². The van der Waals surface area contributed by atoms with Crippen LogP contribution in [0.4, 0.5) is 0 Å². The van der Waals surface area contributed by atoms with Crippen LogP contribution in [0.3, 0.4) is 0 Å². The number of hydrogen-bond acceptors (Lipinski definition) is 2. The predicted octanol–water partition coefficient (Wildman–Crippen LogP) is 2.28. The van der Waals surface area contributed by atoms with Gasteiger partial charge in [-0.1, -0.05) is 0 Å². The molecular formula is C15H22N2O3. The van der Waals surface area contributed by atoms with Crippen LogP contribution in [0.15, 0.2) is 6.07 Å². The van der Waals surface area contributed by atoms with Crippen LogP contribution in [0.2, 0.25) is 0 Å². The second-order valence-corrected chi connectivity index (χ2v) is 5.88. The summed E-state index contributed by atoms with van der Waals surface area (Å²) in [5, 5.41) is 11.8. The van der Waals surface area contributed by atoms with Crippen LogP contribution in [0.5, 0.6) is 0 Å². The molecule has 1 atom stereocenters. The molecule has 1 amide bonds. The lowest BCUT2D eigenvalue weighted by Gasteiger charge is -2.15. The quantitative estimate of drug-likeness (QED) is 0.868. The second kappa shape index (κ2) is 5.31. The molecule has 0 aliphatic heterocycles. The van der Waals surface area contributed by atoms with Crippen molar-refractivity contribution in [2.24, 2.45) is 5.92 Å². The number of hydrogen-bond donors (Lipinski definition) is 2. The van der Waals surface area contributed by atoms with Gasteiger partial charge in [-0.25, -0.2) is 4.79 Å². The fraction of sp³-hybridized carbons (Fsp3) is 0.600. The van der Waals surface area contributed by atoms with Gasteiger partial charge in [0.25, 0.3) is 5.91 Å². The summed E-state index contributed by atoms with van der Waals surface area (Å²) >= 11 is 0. The van der Waals surface area contributed by atoms with Crippen molar-refractivity contribution in [2.75, 3.05) is 0 Å². The highest BCUT2D eigenvalue weighted by atomic mass is 16.4. The molecule has 0 aromatic carbocycles. The molecule has 1 heterocycles. The molecule has 2 rings (SSSR count). The fourth-order valence-corrected chi connectivity index (χ4v) is 2.83. The molecule has 1 fully saturated rings. The van der Waals surface area contributed by atoms with E-state index in [1.54, 1.807) is 0 Å². The number of carbonyl (C=O) groups is 2. The third kappa shape index (κ3) is 2.71. The number of aromatic nitrogens is 1. The highest BCUT2D eigenvalue weighted by Gasteiger charge is 2.37. The van der Waals surface area contributed by atoms with E-state index in [0.717, 1.165) is 24.2 Å². The van der Waals surface area contributed by atoms with Gasteiger partial charge < -0.3 is 15.0 Å². The first-order valence-electron chi connectivity index (χ1n) is 7.05. The van der Waals surface area contributed by atoms with Gasteiger partial charge in [0.1, 0.15) is 6.04 Å². The largest absolute Gasteiger partial charge is 0.480 e. The Bertz CT molecular complexity index is 542. The van der Waals surface area contributed by atoms with E-state index in [1.807, 2.05) is 19.9 Å². The topological polar surface area (TPSA) is 71.3 Å². The molecule has 5 heteroatoms. The van der Waals surface area contributed by atoms with Crippen LogP contribution in [0.25, 0.3) is 0 Å². The maximum Gasteiger partial charge on any atom is 0.326 e. The lowest BCUT2D eigenvalue weighted by molar-refractivity contribution is -0.139. The first-order valence-corrected chi connectivity index (χ1v) is 7.05. The van der Waals surface area contributed by atoms with Gasteiger partial charge in [0, 0.05) is 17.4 Å². The van der Waals surface area contributed by atoms with Gasteiger partial charge in [0.2, 0.25) is 0 Å². The molecule has 0 spiro atoms. The fourth-order valence-electron chi connectivity index (χ4n) is 2.83. The molecule has 1 aliphatic carbocycles. The first kappa shape index (κ1) is 14.6. The lowest BCUT2D eigenvalue weighted by atomic mass is 10.1. The van der Waals surface area contributed by atoms with Gasteiger partial charge >= 0.3 is 5.97 Å². The van der Waals surface area contributed by atoms with Crippen molar-refractivity contribution in [3.63, 3.8) is 0 Å². The molecule has 0 saturated heterocycles. The lowest BCUT2D eigenvalue weighted by Crippen LogP contribution is -2.42. The Labute approximate surface area is 119 Å². The molecule has 0 radical (unpaired) electrons. The third-order valence-corrected chi connectivity index (χ3v) is 3.89. The van der Waals surface area contributed by atoms with Gasteiger partial charge in [0.15, 0.2) is 0 Å². The van der Waals surface area contributed by atoms with Gasteiger partial charge in [0.05, 0.1) is 5.56 Å². The Morgan fingerprint density at radius 3 is 2.35 bits per heavy atom. The zero-order valence-corrected chi connectivity index (χ0v) is 12.4. The zero-order valence-electron chi connectivity index (χ0n) is 12.4. The van der Waals surface area contributed by atoms with Crippen LogP contribution < -0.4 is 5.32 Å². The number of carboxylic acids is 1. The van der Waals surface area contributed by atoms with Crippen molar-refractivity contribution in [3.8, 4) is 0 Å². The van der Waals surface area contributed by atoms with Gasteiger partial charge in [-0.05, 0) is 52.5 Å². The van der Waals surface area contributed by atoms with Crippen LogP contribution in [0, 0.1) is 19.8 Å². The predicted molar refractivity (Wildman–Crippen MR) is 75.9 cm³/mol. The van der Waals surface area contributed by atoms with Crippen molar-refractivity contribution in [3.05, 3.63) is 23.0 Å². The number of nitrogens with one attached hydrogen (secondary N) is 1. The zero-order chi connectivity index (χ0) is 15.0. The summed E-state index contributed by atoms with van der Waals surface area (Å²) in [5.41, 5.74) is 2.47. The van der Waals surface area contributed by atoms with E-state index in [-0.39, 0.29) is 17.9 Å². The number of carbonyl (C=O) groups excluding carboxylic acids is 1. The van der Waals surface area contributed by atoms with Crippen molar-refractivity contribution in [2.45, 2.75) is 52.6 Å². The summed E-state index contributed by atoms with van der Waals surface area (Å²) in [6.07, 6.45) is 1.75. The van der Waals surface area contributed by atoms with Crippen LogP contribution in [-0.2, 0) is 4.79 Å². The van der Waals surface area contributed by atoms with Crippen LogP contribution in [-0.4, -0.2) is 27.6 Å². The minimum absolute atomic E-state index is 0.0880. The second-order valence-electron chi connectivity index (χ2n) is 5.88. The average Bonchev–Trinajstić information content (AvgIpc) is 3.11. The molecule has 110 valence electrons. The SMILES string of the molecule is Cc1cc(C(=O)NC(C(=O)O)C2CC2)c(C)n1C(C)C. The summed E-state index contributed by atoms with van der Waals surface area (Å²) < 4.78 is 2.09. The highest BCUT2D eigenvalue weighted by molar-refractivity contribution is 5.98. The van der Waals surface area contributed by atoms with E-state index in [1.165, 1.54) is 0 Å². The molecule has 1 unspecified atom stereocenters. The Hall–Kier alpha value is -1.78. The van der Waals surface area contributed by atoms with E-state index < -0.39 is 12.0 Å². The minimum atomic E-state index is -0.946. The molecule has 1 aliphatic rings. The molecule has 2 N–H and O–H groups in total. The molecule has 5 nitrogen and oxygen atoms in total. The number of carboxylic acid groups (broad SMARTS) is 1. The summed E-state index contributed by atoms with van der Waals surface area (Å²) in [6.45, 7) is 7.98. The number of nitrogens with zero attached hydrogens (tertiary/aromatic N) is 1. The Morgan fingerprint density at radius 1 is 1.35 bits per heavy atom. The molecule has 20 heavy (non-hydrogen) atoms.